The zero-order valence-corrected chi connectivity index (χ0v) is 15.4. The Morgan fingerprint density at radius 1 is 1.20 bits per heavy atom. The number of hydrogen-bond acceptors (Lipinski definition) is 4. The van der Waals surface area contributed by atoms with Crippen molar-refractivity contribution in [2.45, 2.75) is 19.9 Å². The lowest BCUT2D eigenvalue weighted by Gasteiger charge is -2.12. The van der Waals surface area contributed by atoms with E-state index in [0.29, 0.717) is 5.69 Å². The summed E-state index contributed by atoms with van der Waals surface area (Å²) < 4.78 is 2.92. The summed E-state index contributed by atoms with van der Waals surface area (Å²) in [6, 6.07) is 11.6. The number of aliphatic imine (C=N–C) groups is 1. The Kier molecular flexibility index (Phi) is 3.84. The second-order valence-corrected chi connectivity index (χ2v) is 6.85. The van der Waals surface area contributed by atoms with Crippen LogP contribution in [0.25, 0.3) is 5.69 Å². The molecule has 0 unspecified atom stereocenters. The lowest BCUT2D eigenvalue weighted by atomic mass is 10.0. The van der Waals surface area contributed by atoms with Crippen LogP contribution in [0.3, 0.4) is 0 Å². The van der Waals surface area contributed by atoms with Crippen molar-refractivity contribution in [3.05, 3.63) is 76.0 Å². The molecule has 1 atom stereocenters. The summed E-state index contributed by atoms with van der Waals surface area (Å²) in [6.45, 7) is 3.51. The van der Waals surface area contributed by atoms with E-state index in [1.54, 1.807) is 12.5 Å². The van der Waals surface area contributed by atoms with Crippen LogP contribution in [-0.2, 0) is 0 Å². The van der Waals surface area contributed by atoms with Crippen LogP contribution in [0, 0.1) is 0 Å². The van der Waals surface area contributed by atoms with Gasteiger partial charge in [0, 0.05) is 23.2 Å². The molecule has 3 heterocycles. The topological polar surface area (TPSA) is 60.1 Å². The minimum absolute atomic E-state index is 0.0595. The molecule has 0 spiro atoms. The number of imidazole rings is 1. The maximum atomic E-state index is 12.0. The van der Waals surface area contributed by atoms with Gasteiger partial charge in [-0.05, 0) is 37.3 Å². The molecule has 0 N–H and O–H groups in total. The number of carbonyl (C=O) groups excluding carboxylic acids is 1. The number of nitrogens with zero attached hydrogens (tertiary/aromatic N) is 4. The fraction of sp³-hybridized carbons (Fsp3) is 0.158. The van der Waals surface area contributed by atoms with Gasteiger partial charge in [0.15, 0.2) is 5.78 Å². The Labute approximate surface area is 153 Å². The second-order valence-electron chi connectivity index (χ2n) is 5.93. The quantitative estimate of drug-likeness (QED) is 0.613. The minimum atomic E-state index is -0.218. The maximum Gasteiger partial charge on any atom is 0.180 e. The first-order valence-corrected chi connectivity index (χ1v) is 8.73. The average Bonchev–Trinajstić information content (AvgIpc) is 3.01. The van der Waals surface area contributed by atoms with Crippen molar-refractivity contribution in [2.24, 2.45) is 4.99 Å². The van der Waals surface area contributed by atoms with Gasteiger partial charge in [0.05, 0.1) is 28.8 Å². The van der Waals surface area contributed by atoms with Gasteiger partial charge in [0.2, 0.25) is 0 Å². The van der Waals surface area contributed by atoms with Crippen molar-refractivity contribution in [1.29, 1.82) is 0 Å². The van der Waals surface area contributed by atoms with E-state index >= 15 is 0 Å². The van der Waals surface area contributed by atoms with Gasteiger partial charge in [0.1, 0.15) is 12.0 Å². The third kappa shape index (κ3) is 2.62. The largest absolute Gasteiger partial charge is 0.300 e. The van der Waals surface area contributed by atoms with Crippen LogP contribution in [0.15, 0.2) is 58.4 Å². The molecular weight excluding hydrogens is 380 g/mol. The monoisotopic (exact) mass is 394 g/mol. The summed E-state index contributed by atoms with van der Waals surface area (Å²) in [6.07, 6.45) is 3.46. The first kappa shape index (κ1) is 15.9. The van der Waals surface area contributed by atoms with Gasteiger partial charge in [-0.15, -0.1) is 0 Å². The number of halogens is 1. The molecular formula is C19H15BrN4O. The highest BCUT2D eigenvalue weighted by Crippen LogP contribution is 2.33. The van der Waals surface area contributed by atoms with Crippen LogP contribution in [0.2, 0.25) is 0 Å². The molecule has 25 heavy (non-hydrogen) atoms. The molecule has 0 saturated heterocycles. The van der Waals surface area contributed by atoms with Gasteiger partial charge in [-0.3, -0.25) is 19.3 Å². The fourth-order valence-corrected chi connectivity index (χ4v) is 3.52. The molecule has 0 bridgehead atoms. The highest BCUT2D eigenvalue weighted by atomic mass is 79.9. The van der Waals surface area contributed by atoms with E-state index in [9.17, 15) is 4.79 Å². The Balaban J connectivity index is 2.05. The van der Waals surface area contributed by atoms with E-state index in [2.05, 4.69) is 25.9 Å². The van der Waals surface area contributed by atoms with E-state index in [-0.39, 0.29) is 11.8 Å². The molecule has 4 rings (SSSR count). The number of hydrogen-bond donors (Lipinski definition) is 0. The van der Waals surface area contributed by atoms with E-state index in [1.165, 1.54) is 6.92 Å². The molecule has 3 aromatic rings. The van der Waals surface area contributed by atoms with Crippen LogP contribution < -0.4 is 0 Å². The molecule has 0 aliphatic carbocycles. The summed E-state index contributed by atoms with van der Waals surface area (Å²) in [5.74, 6) is -0.0595. The zero-order chi connectivity index (χ0) is 17.6. The maximum absolute atomic E-state index is 12.0. The Morgan fingerprint density at radius 3 is 2.76 bits per heavy atom. The molecule has 1 aliphatic heterocycles. The van der Waals surface area contributed by atoms with Gasteiger partial charge in [-0.25, -0.2) is 4.98 Å². The van der Waals surface area contributed by atoms with E-state index in [4.69, 9.17) is 4.99 Å². The molecule has 1 aliphatic rings. The fourth-order valence-electron chi connectivity index (χ4n) is 3.16. The smallest absolute Gasteiger partial charge is 0.180 e. The zero-order valence-electron chi connectivity index (χ0n) is 13.8. The lowest BCUT2D eigenvalue weighted by Crippen LogP contribution is -2.08. The molecule has 5 nitrogen and oxygen atoms in total. The van der Waals surface area contributed by atoms with Crippen LogP contribution >= 0.6 is 15.9 Å². The molecule has 0 amide bonds. The van der Waals surface area contributed by atoms with Gasteiger partial charge in [-0.2, -0.15) is 0 Å². The van der Waals surface area contributed by atoms with Crippen molar-refractivity contribution < 1.29 is 4.79 Å². The Hall–Kier alpha value is -2.60. The Bertz CT molecular complexity index is 1010. The molecule has 0 saturated carbocycles. The number of pyridine rings is 1. The number of ketones is 1. The number of benzene rings is 1. The summed E-state index contributed by atoms with van der Waals surface area (Å²) in [5.41, 5.74) is 4.77. The summed E-state index contributed by atoms with van der Waals surface area (Å²) in [7, 11) is 0. The molecule has 2 aromatic heterocycles. The highest BCUT2D eigenvalue weighted by molar-refractivity contribution is 9.10. The number of Topliss-reactive ketones (excluding diaryl/α,β-unsaturated/α-hetero) is 1. The van der Waals surface area contributed by atoms with Gasteiger partial charge < -0.3 is 0 Å². The van der Waals surface area contributed by atoms with Crippen molar-refractivity contribution >= 4 is 27.4 Å². The highest BCUT2D eigenvalue weighted by Gasteiger charge is 2.27. The third-order valence-electron chi connectivity index (χ3n) is 4.24. The minimum Gasteiger partial charge on any atom is -0.300 e. The standard InChI is InChI=1S/C19H15BrN4O/c1-11-19-17(12(2)25)22-10-24(19)16-7-6-13(20)9-14(16)18(23-11)15-5-3-4-8-21-15/h3-11H,1-2H3/t11-/m1/s1. The van der Waals surface area contributed by atoms with Crippen molar-refractivity contribution in [1.82, 2.24) is 14.5 Å². The second kappa shape index (κ2) is 6.04. The number of rotatable bonds is 2. The molecule has 124 valence electrons. The molecule has 6 heteroatoms. The molecule has 0 fully saturated rings. The van der Waals surface area contributed by atoms with Crippen molar-refractivity contribution in [2.75, 3.05) is 0 Å². The van der Waals surface area contributed by atoms with Gasteiger partial charge in [-0.1, -0.05) is 22.0 Å². The van der Waals surface area contributed by atoms with Crippen LogP contribution in [0.4, 0.5) is 0 Å². The average molecular weight is 395 g/mol. The van der Waals surface area contributed by atoms with Gasteiger partial charge >= 0.3 is 0 Å². The summed E-state index contributed by atoms with van der Waals surface area (Å²) >= 11 is 3.55. The summed E-state index contributed by atoms with van der Waals surface area (Å²) in [5, 5.41) is 0. The predicted octanol–water partition coefficient (Wildman–Crippen LogP) is 4.14. The van der Waals surface area contributed by atoms with E-state index < -0.39 is 0 Å². The number of fused-ring (bicyclic) bond motifs is 3. The normalized spacial score (nSPS) is 15.8. The first-order valence-electron chi connectivity index (χ1n) is 7.94. The SMILES string of the molecule is CC(=O)c1ncn2c1[C@@H](C)N=C(c1ccccn1)c1cc(Br)ccc1-2. The first-order chi connectivity index (χ1) is 12.1. The number of carbonyl (C=O) groups is 1. The third-order valence-corrected chi connectivity index (χ3v) is 4.73. The predicted molar refractivity (Wildman–Crippen MR) is 99.6 cm³/mol. The van der Waals surface area contributed by atoms with Crippen molar-refractivity contribution in [3.8, 4) is 5.69 Å². The van der Waals surface area contributed by atoms with Gasteiger partial charge in [0.25, 0.3) is 0 Å². The summed E-state index contributed by atoms with van der Waals surface area (Å²) in [4.78, 5) is 25.7. The van der Waals surface area contributed by atoms with E-state index in [1.807, 2.05) is 47.9 Å². The molecule has 1 aromatic carbocycles. The Morgan fingerprint density at radius 2 is 2.04 bits per heavy atom. The van der Waals surface area contributed by atoms with Crippen LogP contribution in [-0.4, -0.2) is 26.0 Å². The molecule has 0 radical (unpaired) electrons. The van der Waals surface area contributed by atoms with Crippen LogP contribution in [0.5, 0.6) is 0 Å². The van der Waals surface area contributed by atoms with Crippen LogP contribution in [0.1, 0.15) is 47.3 Å². The van der Waals surface area contributed by atoms with Crippen molar-refractivity contribution in [3.63, 3.8) is 0 Å². The lowest BCUT2D eigenvalue weighted by molar-refractivity contribution is 0.101. The number of aromatic nitrogens is 3. The van der Waals surface area contributed by atoms with E-state index in [0.717, 1.165) is 32.8 Å².